The van der Waals surface area contributed by atoms with Crippen LogP contribution in [-0.4, -0.2) is 29.6 Å². The minimum absolute atomic E-state index is 0.00957. The Bertz CT molecular complexity index is 308. The first kappa shape index (κ1) is 15.3. The molecule has 0 aliphatic heterocycles. The smallest absolute Gasteiger partial charge is 0.309 e. The lowest BCUT2D eigenvalue weighted by Gasteiger charge is -2.30. The molecule has 2 fully saturated rings. The first-order chi connectivity index (χ1) is 9.10. The highest BCUT2D eigenvalue weighted by Gasteiger charge is 2.39. The van der Waals surface area contributed by atoms with E-state index in [4.69, 9.17) is 9.47 Å². The Morgan fingerprint density at radius 2 is 2.05 bits per heavy atom. The van der Waals surface area contributed by atoms with Crippen LogP contribution in [0.5, 0.6) is 0 Å². The molecule has 0 aromatic carbocycles. The van der Waals surface area contributed by atoms with E-state index in [9.17, 15) is 4.79 Å². The van der Waals surface area contributed by atoms with Gasteiger partial charge in [0.25, 0.3) is 0 Å². The van der Waals surface area contributed by atoms with Gasteiger partial charge in [0.1, 0.15) is 0 Å². The van der Waals surface area contributed by atoms with E-state index in [1.807, 2.05) is 6.92 Å². The van der Waals surface area contributed by atoms with Crippen molar-refractivity contribution in [2.45, 2.75) is 69.4 Å². The van der Waals surface area contributed by atoms with Crippen LogP contribution in [0.15, 0.2) is 0 Å². The third-order valence-corrected chi connectivity index (χ3v) is 5.27. The highest BCUT2D eigenvalue weighted by atomic mass is 79.9. The maximum atomic E-state index is 11.8. The van der Waals surface area contributed by atoms with Crippen molar-refractivity contribution in [3.8, 4) is 0 Å². The number of hydrogen-bond acceptors (Lipinski definition) is 3. The molecular formula is C15H25BrO3. The maximum absolute atomic E-state index is 11.8. The first-order valence-corrected chi connectivity index (χ1v) is 8.47. The van der Waals surface area contributed by atoms with Gasteiger partial charge in [-0.15, -0.1) is 0 Å². The maximum Gasteiger partial charge on any atom is 0.309 e. The number of ether oxygens (including phenoxy) is 2. The molecule has 5 atom stereocenters. The molecule has 3 nitrogen and oxygen atoms in total. The van der Waals surface area contributed by atoms with Crippen molar-refractivity contribution in [1.29, 1.82) is 0 Å². The zero-order valence-electron chi connectivity index (χ0n) is 11.9. The van der Waals surface area contributed by atoms with Crippen molar-refractivity contribution >= 4 is 21.9 Å². The Kier molecular flexibility index (Phi) is 5.70. The van der Waals surface area contributed by atoms with Crippen LogP contribution in [0.3, 0.4) is 0 Å². The van der Waals surface area contributed by atoms with Crippen LogP contribution < -0.4 is 0 Å². The second-order valence-corrected chi connectivity index (χ2v) is 7.18. The Balaban J connectivity index is 1.82. The van der Waals surface area contributed by atoms with Gasteiger partial charge in [-0.1, -0.05) is 35.7 Å². The molecule has 0 N–H and O–H groups in total. The fourth-order valence-corrected chi connectivity index (χ4v) is 4.08. The van der Waals surface area contributed by atoms with E-state index in [2.05, 4.69) is 22.9 Å². The summed E-state index contributed by atoms with van der Waals surface area (Å²) in [6.07, 6.45) is 7.14. The minimum Gasteiger partial charge on any atom is -0.466 e. The molecule has 5 unspecified atom stereocenters. The average molecular weight is 333 g/mol. The summed E-state index contributed by atoms with van der Waals surface area (Å²) in [5.41, 5.74) is 0. The molecule has 0 saturated heterocycles. The summed E-state index contributed by atoms with van der Waals surface area (Å²) in [6.45, 7) is 4.63. The van der Waals surface area contributed by atoms with Crippen molar-refractivity contribution < 1.29 is 14.3 Å². The van der Waals surface area contributed by atoms with Gasteiger partial charge in [-0.25, -0.2) is 0 Å². The summed E-state index contributed by atoms with van der Waals surface area (Å²) >= 11 is 3.67. The van der Waals surface area contributed by atoms with Gasteiger partial charge in [0.2, 0.25) is 0 Å². The predicted octanol–water partition coefficient (Wildman–Crippen LogP) is 3.69. The molecule has 0 spiro atoms. The Morgan fingerprint density at radius 3 is 2.74 bits per heavy atom. The van der Waals surface area contributed by atoms with Crippen LogP contribution in [-0.2, 0) is 14.3 Å². The SMILES string of the molecule is CCOC(=O)C1CC(Br)C(OC2CCCC(C)C2)C1. The number of halogens is 1. The van der Waals surface area contributed by atoms with Gasteiger partial charge >= 0.3 is 5.97 Å². The molecule has 2 aliphatic rings. The second-order valence-electron chi connectivity index (χ2n) is 6.00. The third kappa shape index (κ3) is 4.19. The largest absolute Gasteiger partial charge is 0.466 e. The van der Waals surface area contributed by atoms with Gasteiger partial charge < -0.3 is 9.47 Å². The first-order valence-electron chi connectivity index (χ1n) is 7.56. The molecule has 110 valence electrons. The van der Waals surface area contributed by atoms with E-state index in [0.29, 0.717) is 17.5 Å². The van der Waals surface area contributed by atoms with Gasteiger partial charge in [0, 0.05) is 4.83 Å². The molecule has 0 aromatic heterocycles. The molecule has 0 heterocycles. The van der Waals surface area contributed by atoms with Gasteiger partial charge in [-0.05, 0) is 38.5 Å². The van der Waals surface area contributed by atoms with Crippen LogP contribution >= 0.6 is 15.9 Å². The van der Waals surface area contributed by atoms with E-state index < -0.39 is 0 Å². The van der Waals surface area contributed by atoms with Crippen LogP contribution in [0, 0.1) is 11.8 Å². The Hall–Kier alpha value is -0.0900. The lowest BCUT2D eigenvalue weighted by atomic mass is 9.88. The van der Waals surface area contributed by atoms with E-state index in [1.165, 1.54) is 25.7 Å². The number of rotatable bonds is 4. The molecule has 2 saturated carbocycles. The summed E-state index contributed by atoms with van der Waals surface area (Å²) in [7, 11) is 0. The van der Waals surface area contributed by atoms with Crippen LogP contribution in [0.2, 0.25) is 0 Å². The molecule has 0 amide bonds. The second kappa shape index (κ2) is 7.07. The number of esters is 1. The van der Waals surface area contributed by atoms with Crippen LogP contribution in [0.25, 0.3) is 0 Å². The fourth-order valence-electron chi connectivity index (χ4n) is 3.29. The van der Waals surface area contributed by atoms with Gasteiger partial charge in [0.05, 0.1) is 24.7 Å². The van der Waals surface area contributed by atoms with Crippen molar-refractivity contribution in [2.24, 2.45) is 11.8 Å². The molecule has 0 bridgehead atoms. The molecule has 2 aliphatic carbocycles. The summed E-state index contributed by atoms with van der Waals surface area (Å²) in [4.78, 5) is 12.1. The molecule has 19 heavy (non-hydrogen) atoms. The van der Waals surface area contributed by atoms with Crippen molar-refractivity contribution in [3.63, 3.8) is 0 Å². The standard InChI is InChI=1S/C15H25BrO3/c1-3-18-15(17)11-8-13(16)14(9-11)19-12-6-4-5-10(2)7-12/h10-14H,3-9H2,1-2H3. The predicted molar refractivity (Wildman–Crippen MR) is 78.4 cm³/mol. The van der Waals surface area contributed by atoms with Crippen molar-refractivity contribution in [2.75, 3.05) is 6.61 Å². The number of alkyl halides is 1. The van der Waals surface area contributed by atoms with Crippen molar-refractivity contribution in [3.05, 3.63) is 0 Å². The van der Waals surface area contributed by atoms with Gasteiger partial charge in [-0.3, -0.25) is 4.79 Å². The monoisotopic (exact) mass is 332 g/mol. The summed E-state index contributed by atoms with van der Waals surface area (Å²) < 4.78 is 11.4. The summed E-state index contributed by atoms with van der Waals surface area (Å²) in [5.74, 6) is 0.722. The molecule has 0 aromatic rings. The fraction of sp³-hybridized carbons (Fsp3) is 0.933. The van der Waals surface area contributed by atoms with E-state index in [-0.39, 0.29) is 18.0 Å². The average Bonchev–Trinajstić information content (AvgIpc) is 2.71. The molecular weight excluding hydrogens is 308 g/mol. The number of carbonyl (C=O) groups excluding carboxylic acids is 1. The van der Waals surface area contributed by atoms with Crippen LogP contribution in [0.1, 0.15) is 52.4 Å². The normalized spacial score (nSPS) is 39.2. The number of hydrogen-bond donors (Lipinski definition) is 0. The third-order valence-electron chi connectivity index (χ3n) is 4.31. The zero-order valence-corrected chi connectivity index (χ0v) is 13.5. The highest BCUT2D eigenvalue weighted by Crippen LogP contribution is 2.37. The number of carbonyl (C=O) groups is 1. The summed E-state index contributed by atoms with van der Waals surface area (Å²) in [5, 5.41) is 0. The van der Waals surface area contributed by atoms with E-state index in [1.54, 1.807) is 0 Å². The molecule has 4 heteroatoms. The Morgan fingerprint density at radius 1 is 1.26 bits per heavy atom. The lowest BCUT2D eigenvalue weighted by Crippen LogP contribution is -2.29. The highest BCUT2D eigenvalue weighted by molar-refractivity contribution is 9.09. The quantitative estimate of drug-likeness (QED) is 0.581. The topological polar surface area (TPSA) is 35.5 Å². The van der Waals surface area contributed by atoms with E-state index >= 15 is 0 Å². The molecule has 0 radical (unpaired) electrons. The van der Waals surface area contributed by atoms with Gasteiger partial charge in [-0.2, -0.15) is 0 Å². The minimum atomic E-state index is -0.0601. The summed E-state index contributed by atoms with van der Waals surface area (Å²) in [6, 6.07) is 0. The molecule has 2 rings (SSSR count). The van der Waals surface area contributed by atoms with Crippen molar-refractivity contribution in [1.82, 2.24) is 0 Å². The zero-order chi connectivity index (χ0) is 13.8. The van der Waals surface area contributed by atoms with Crippen LogP contribution in [0.4, 0.5) is 0 Å². The Labute approximate surface area is 124 Å². The lowest BCUT2D eigenvalue weighted by molar-refractivity contribution is -0.148. The van der Waals surface area contributed by atoms with E-state index in [0.717, 1.165) is 18.8 Å². The van der Waals surface area contributed by atoms with Gasteiger partial charge in [0.15, 0.2) is 0 Å².